The number of rotatable bonds is 18. The lowest BCUT2D eigenvalue weighted by molar-refractivity contribution is -0.116. The molecular weight excluding hydrogens is 618 g/mol. The van der Waals surface area contributed by atoms with Crippen molar-refractivity contribution in [3.63, 3.8) is 0 Å². The predicted molar refractivity (Wildman–Crippen MR) is 177 cm³/mol. The molecule has 0 saturated carbocycles. The fourth-order valence-electron chi connectivity index (χ4n) is 4.78. The molecular formula is C31H40Cl4N4O3. The third-order valence-corrected chi connectivity index (χ3v) is 8.20. The molecule has 1 aromatic heterocycles. The number of nitrogens with zero attached hydrogens (tertiary/aromatic N) is 1. The second-order valence-corrected chi connectivity index (χ2v) is 12.2. The smallest absolute Gasteiger partial charge is 0.315 e. The zero-order chi connectivity index (χ0) is 30.5. The molecule has 230 valence electrons. The first-order chi connectivity index (χ1) is 20.2. The molecule has 3 aromatic rings. The highest BCUT2D eigenvalue weighted by Gasteiger charge is 2.20. The Labute approximate surface area is 267 Å². The van der Waals surface area contributed by atoms with Gasteiger partial charge in [0.05, 0.1) is 20.8 Å². The number of aromatic nitrogens is 2. The van der Waals surface area contributed by atoms with Gasteiger partial charge < -0.3 is 15.7 Å². The number of carbonyl (C=O) groups excluding carboxylic acids is 1. The topological polar surface area (TPSA) is 99.2 Å². The maximum absolute atomic E-state index is 12.7. The highest BCUT2D eigenvalue weighted by atomic mass is 35.5. The number of benzene rings is 2. The highest BCUT2D eigenvalue weighted by molar-refractivity contribution is 6.40. The molecule has 4 N–H and O–H groups in total. The van der Waals surface area contributed by atoms with E-state index in [2.05, 4.69) is 22.7 Å². The Hall–Kier alpha value is -2.32. The lowest BCUT2D eigenvalue weighted by atomic mass is 10.0. The molecule has 3 rings (SSSR count). The van der Waals surface area contributed by atoms with Crippen LogP contribution in [-0.4, -0.2) is 20.8 Å². The van der Waals surface area contributed by atoms with Crippen LogP contribution in [0.25, 0.3) is 5.69 Å². The largest absolute Gasteiger partial charge is 0.500 e. The molecule has 0 aliphatic heterocycles. The van der Waals surface area contributed by atoms with Crippen LogP contribution in [0.4, 0.5) is 17.2 Å². The van der Waals surface area contributed by atoms with Crippen molar-refractivity contribution in [2.24, 2.45) is 0 Å². The molecule has 0 radical (unpaired) electrons. The van der Waals surface area contributed by atoms with Crippen molar-refractivity contribution in [3.05, 3.63) is 60.8 Å². The highest BCUT2D eigenvalue weighted by Crippen LogP contribution is 2.34. The van der Waals surface area contributed by atoms with Crippen molar-refractivity contribution >= 4 is 69.5 Å². The molecule has 0 spiro atoms. The summed E-state index contributed by atoms with van der Waals surface area (Å²) < 4.78 is 1.01. The number of aromatic amines is 1. The van der Waals surface area contributed by atoms with E-state index < -0.39 is 11.3 Å². The zero-order valence-electron chi connectivity index (χ0n) is 24.0. The van der Waals surface area contributed by atoms with E-state index in [1.54, 1.807) is 18.2 Å². The van der Waals surface area contributed by atoms with Crippen LogP contribution in [0.2, 0.25) is 20.1 Å². The number of hydrogen-bond donors (Lipinski definition) is 4. The van der Waals surface area contributed by atoms with Gasteiger partial charge in [0.2, 0.25) is 11.7 Å². The second kappa shape index (κ2) is 17.7. The van der Waals surface area contributed by atoms with E-state index in [-0.39, 0.29) is 32.5 Å². The Balaban J connectivity index is 1.42. The Morgan fingerprint density at radius 1 is 0.810 bits per heavy atom. The standard InChI is InChI=1S/C31H40Cl4N4O3/c1-2-3-4-5-6-7-8-9-10-11-12-13-14-15-27(40)36-22-16-17-26(23(33)20-22)37-30-29(41)31(42)39(38-30)28-24(34)18-21(32)19-25(28)35/h16-20,37-38,41H,2-15H2,1H3,(H,36,40). The molecule has 0 bridgehead atoms. The number of carbonyl (C=O) groups is 1. The first-order valence-corrected chi connectivity index (χ1v) is 16.3. The van der Waals surface area contributed by atoms with Crippen LogP contribution in [0.15, 0.2) is 35.1 Å². The van der Waals surface area contributed by atoms with Crippen LogP contribution in [0.3, 0.4) is 0 Å². The third-order valence-electron chi connectivity index (χ3n) is 7.09. The number of nitrogens with one attached hydrogen (secondary N) is 3. The van der Waals surface area contributed by atoms with Crippen molar-refractivity contribution < 1.29 is 9.90 Å². The van der Waals surface area contributed by atoms with E-state index >= 15 is 0 Å². The zero-order valence-corrected chi connectivity index (χ0v) is 27.0. The van der Waals surface area contributed by atoms with Crippen molar-refractivity contribution in [2.45, 2.75) is 96.8 Å². The molecule has 42 heavy (non-hydrogen) atoms. The molecule has 2 aromatic carbocycles. The summed E-state index contributed by atoms with van der Waals surface area (Å²) in [5.41, 5.74) is 0.337. The number of hydrogen-bond acceptors (Lipinski definition) is 4. The predicted octanol–water partition coefficient (Wildman–Crippen LogP) is 10.6. The first-order valence-electron chi connectivity index (χ1n) is 14.8. The van der Waals surface area contributed by atoms with Crippen LogP contribution in [-0.2, 0) is 4.79 Å². The second-order valence-electron chi connectivity index (χ2n) is 10.6. The van der Waals surface area contributed by atoms with Gasteiger partial charge in [0.15, 0.2) is 5.82 Å². The van der Waals surface area contributed by atoms with Gasteiger partial charge in [-0.1, -0.05) is 130 Å². The molecule has 0 fully saturated rings. The van der Waals surface area contributed by atoms with E-state index in [9.17, 15) is 14.7 Å². The number of anilines is 3. The van der Waals surface area contributed by atoms with Crippen molar-refractivity contribution in [3.8, 4) is 11.4 Å². The number of H-pyrrole nitrogens is 1. The summed E-state index contributed by atoms with van der Waals surface area (Å²) in [4.78, 5) is 25.1. The molecule has 11 heteroatoms. The van der Waals surface area contributed by atoms with Gasteiger partial charge in [-0.15, -0.1) is 0 Å². The quantitative estimate of drug-likeness (QED) is 0.102. The number of aromatic hydroxyl groups is 1. The van der Waals surface area contributed by atoms with Crippen LogP contribution in [0.5, 0.6) is 5.75 Å². The fourth-order valence-corrected chi connectivity index (χ4v) is 5.99. The van der Waals surface area contributed by atoms with Gasteiger partial charge in [0, 0.05) is 17.1 Å². The van der Waals surface area contributed by atoms with Gasteiger partial charge in [0.25, 0.3) is 0 Å². The van der Waals surface area contributed by atoms with E-state index in [1.165, 1.54) is 76.3 Å². The first kappa shape index (κ1) is 34.2. The lowest BCUT2D eigenvalue weighted by Crippen LogP contribution is -2.15. The summed E-state index contributed by atoms with van der Waals surface area (Å²) in [6.07, 6.45) is 16.8. The Kier molecular flexibility index (Phi) is 14.4. The summed E-state index contributed by atoms with van der Waals surface area (Å²) in [7, 11) is 0. The van der Waals surface area contributed by atoms with Gasteiger partial charge in [-0.3, -0.25) is 14.7 Å². The summed E-state index contributed by atoms with van der Waals surface area (Å²) in [5, 5.41) is 19.8. The third kappa shape index (κ3) is 10.4. The van der Waals surface area contributed by atoms with Crippen LogP contribution >= 0.6 is 46.4 Å². The molecule has 0 aliphatic rings. The number of amides is 1. The Morgan fingerprint density at radius 2 is 1.36 bits per heavy atom. The van der Waals surface area contributed by atoms with Crippen LogP contribution in [0, 0.1) is 0 Å². The van der Waals surface area contributed by atoms with E-state index in [1.807, 2.05) is 0 Å². The molecule has 0 aliphatic carbocycles. The maximum Gasteiger partial charge on any atom is 0.315 e. The average molecular weight is 658 g/mol. The van der Waals surface area contributed by atoms with Crippen LogP contribution in [0.1, 0.15) is 96.8 Å². The monoisotopic (exact) mass is 656 g/mol. The van der Waals surface area contributed by atoms with Gasteiger partial charge in [0.1, 0.15) is 5.69 Å². The minimum absolute atomic E-state index is 0.0109. The molecule has 0 unspecified atom stereocenters. The van der Waals surface area contributed by atoms with E-state index in [0.717, 1.165) is 23.9 Å². The van der Waals surface area contributed by atoms with Crippen molar-refractivity contribution in [1.82, 2.24) is 9.78 Å². The van der Waals surface area contributed by atoms with Gasteiger partial charge in [-0.2, -0.15) is 0 Å². The SMILES string of the molecule is CCCCCCCCCCCCCCCC(=O)Nc1ccc(Nc2[nH]n(-c3c(Cl)cc(Cl)cc3Cl)c(=O)c2O)c(Cl)c1. The van der Waals surface area contributed by atoms with Gasteiger partial charge in [-0.05, 0) is 36.8 Å². The molecule has 0 atom stereocenters. The fraction of sp³-hybridized carbons (Fsp3) is 0.484. The minimum Gasteiger partial charge on any atom is -0.500 e. The van der Waals surface area contributed by atoms with E-state index in [0.29, 0.717) is 22.8 Å². The van der Waals surface area contributed by atoms with E-state index in [4.69, 9.17) is 46.4 Å². The number of halogens is 4. The van der Waals surface area contributed by atoms with Crippen molar-refractivity contribution in [2.75, 3.05) is 10.6 Å². The molecule has 0 saturated heterocycles. The lowest BCUT2D eigenvalue weighted by Gasteiger charge is -2.11. The summed E-state index contributed by atoms with van der Waals surface area (Å²) in [6.45, 7) is 2.25. The van der Waals surface area contributed by atoms with Gasteiger partial charge in [-0.25, -0.2) is 4.68 Å². The normalized spacial score (nSPS) is 11.2. The Morgan fingerprint density at radius 3 is 1.90 bits per heavy atom. The molecule has 1 amide bonds. The van der Waals surface area contributed by atoms with Crippen LogP contribution < -0.4 is 16.2 Å². The summed E-state index contributed by atoms with van der Waals surface area (Å²) in [6, 6.07) is 7.80. The van der Waals surface area contributed by atoms with Crippen molar-refractivity contribution in [1.29, 1.82) is 0 Å². The summed E-state index contributed by atoms with van der Waals surface area (Å²) in [5.74, 6) is -0.655. The average Bonchev–Trinajstić information content (AvgIpc) is 3.20. The Bertz CT molecular complexity index is 1350. The summed E-state index contributed by atoms with van der Waals surface area (Å²) >= 11 is 24.9. The molecule has 7 nitrogen and oxygen atoms in total. The molecule has 1 heterocycles. The maximum atomic E-state index is 12.7. The number of unbranched alkanes of at least 4 members (excludes halogenated alkanes) is 12. The van der Waals surface area contributed by atoms with Gasteiger partial charge >= 0.3 is 5.56 Å². The minimum atomic E-state index is -0.767.